The average molecular weight is 336 g/mol. The molecule has 1 aromatic carbocycles. The van der Waals surface area contributed by atoms with Gasteiger partial charge in [0.25, 0.3) is 0 Å². The van der Waals surface area contributed by atoms with Gasteiger partial charge in [0.1, 0.15) is 11.5 Å². The van der Waals surface area contributed by atoms with Crippen molar-refractivity contribution in [2.24, 2.45) is 0 Å². The van der Waals surface area contributed by atoms with Gasteiger partial charge in [-0.15, -0.1) is 0 Å². The molecule has 0 saturated carbocycles. The number of β-amino-alcohol motifs (C(OH)–C–C–N with tert-alkyl or cyclic N) is 1. The fourth-order valence-electron chi connectivity index (χ4n) is 2.80. The topological polar surface area (TPSA) is 62.2 Å². The van der Waals surface area contributed by atoms with Crippen molar-refractivity contribution < 1.29 is 19.4 Å². The van der Waals surface area contributed by atoms with Crippen molar-refractivity contribution in [2.45, 2.75) is 25.9 Å². The Labute approximate surface area is 144 Å². The van der Waals surface area contributed by atoms with Crippen LogP contribution in [0.4, 0.5) is 0 Å². The summed E-state index contributed by atoms with van der Waals surface area (Å²) in [5.74, 6) is 1.77. The van der Waals surface area contributed by atoms with Crippen molar-refractivity contribution in [1.29, 1.82) is 0 Å². The predicted octanol–water partition coefficient (Wildman–Crippen LogP) is 1.38. The molecule has 0 bridgehead atoms. The van der Waals surface area contributed by atoms with E-state index in [9.17, 15) is 9.90 Å². The van der Waals surface area contributed by atoms with Gasteiger partial charge < -0.3 is 19.5 Å². The highest BCUT2D eigenvalue weighted by molar-refractivity contribution is 5.76. The van der Waals surface area contributed by atoms with E-state index in [0.717, 1.165) is 37.7 Å². The molecule has 1 fully saturated rings. The number of carbonyl (C=O) groups is 1. The third-order valence-electron chi connectivity index (χ3n) is 4.11. The van der Waals surface area contributed by atoms with Crippen molar-refractivity contribution >= 4 is 5.91 Å². The molecule has 6 nitrogen and oxygen atoms in total. The highest BCUT2D eigenvalue weighted by Crippen LogP contribution is 2.17. The van der Waals surface area contributed by atoms with E-state index in [0.29, 0.717) is 26.0 Å². The van der Waals surface area contributed by atoms with Crippen LogP contribution in [0.25, 0.3) is 0 Å². The predicted molar refractivity (Wildman–Crippen MR) is 92.4 cm³/mol. The summed E-state index contributed by atoms with van der Waals surface area (Å²) >= 11 is 0. The maximum atomic E-state index is 12.2. The van der Waals surface area contributed by atoms with Crippen molar-refractivity contribution in [3.63, 3.8) is 0 Å². The number of ether oxygens (including phenoxy) is 2. The number of aliphatic hydroxyl groups excluding tert-OH is 1. The van der Waals surface area contributed by atoms with Crippen LogP contribution in [0.5, 0.6) is 11.5 Å². The lowest BCUT2D eigenvalue weighted by molar-refractivity contribution is -0.133. The van der Waals surface area contributed by atoms with Gasteiger partial charge in [0, 0.05) is 39.1 Å². The van der Waals surface area contributed by atoms with Gasteiger partial charge in [0.05, 0.1) is 19.8 Å². The lowest BCUT2D eigenvalue weighted by Crippen LogP contribution is -2.50. The van der Waals surface area contributed by atoms with E-state index in [-0.39, 0.29) is 12.0 Å². The van der Waals surface area contributed by atoms with Gasteiger partial charge in [0.2, 0.25) is 5.91 Å². The zero-order chi connectivity index (χ0) is 17.4. The molecule has 1 saturated heterocycles. The second-order valence-corrected chi connectivity index (χ2v) is 6.16. The number of piperazine rings is 1. The maximum absolute atomic E-state index is 12.2. The van der Waals surface area contributed by atoms with Gasteiger partial charge in [0.15, 0.2) is 0 Å². The lowest BCUT2D eigenvalue weighted by Gasteiger charge is -2.35. The Bertz CT molecular complexity index is 496. The van der Waals surface area contributed by atoms with Gasteiger partial charge >= 0.3 is 0 Å². The number of benzene rings is 1. The van der Waals surface area contributed by atoms with Crippen LogP contribution in [0.2, 0.25) is 0 Å². The Morgan fingerprint density at radius 2 is 1.79 bits per heavy atom. The summed E-state index contributed by atoms with van der Waals surface area (Å²) in [5, 5.41) is 9.40. The van der Waals surface area contributed by atoms with Crippen LogP contribution in [0.3, 0.4) is 0 Å². The highest BCUT2D eigenvalue weighted by Gasteiger charge is 2.21. The van der Waals surface area contributed by atoms with E-state index < -0.39 is 0 Å². The number of hydrogen-bond acceptors (Lipinski definition) is 5. The molecule has 0 radical (unpaired) electrons. The highest BCUT2D eigenvalue weighted by atomic mass is 16.5. The number of aliphatic hydroxyl groups is 1. The molecule has 1 heterocycles. The molecule has 1 aromatic rings. The van der Waals surface area contributed by atoms with E-state index in [4.69, 9.17) is 9.47 Å². The van der Waals surface area contributed by atoms with E-state index in [1.54, 1.807) is 14.0 Å². The molecular weight excluding hydrogens is 308 g/mol. The molecule has 0 aliphatic carbocycles. The number of methoxy groups -OCH3 is 1. The first kappa shape index (κ1) is 18.5. The summed E-state index contributed by atoms with van der Waals surface area (Å²) < 4.78 is 10.7. The summed E-state index contributed by atoms with van der Waals surface area (Å²) in [6.07, 6.45) is 0.896. The van der Waals surface area contributed by atoms with E-state index in [1.165, 1.54) is 0 Å². The van der Waals surface area contributed by atoms with Crippen LogP contribution in [0, 0.1) is 0 Å². The first-order valence-electron chi connectivity index (χ1n) is 8.53. The van der Waals surface area contributed by atoms with Crippen molar-refractivity contribution in [1.82, 2.24) is 9.80 Å². The molecule has 134 valence electrons. The minimum atomic E-state index is -0.317. The second-order valence-electron chi connectivity index (χ2n) is 6.16. The van der Waals surface area contributed by atoms with Gasteiger partial charge in [-0.1, -0.05) is 0 Å². The van der Waals surface area contributed by atoms with Gasteiger partial charge in [-0.3, -0.25) is 9.69 Å². The van der Waals surface area contributed by atoms with Crippen LogP contribution in [-0.2, 0) is 4.79 Å². The standard InChI is InChI=1S/C18H28N2O4/c1-15(21)14-19-9-11-20(12-10-19)18(22)4-3-13-24-17-7-5-16(23-2)6-8-17/h5-8,15,21H,3-4,9-14H2,1-2H3. The minimum absolute atomic E-state index is 0.185. The number of amides is 1. The lowest BCUT2D eigenvalue weighted by atomic mass is 10.2. The number of hydrogen-bond donors (Lipinski definition) is 1. The Morgan fingerprint density at radius 3 is 2.38 bits per heavy atom. The zero-order valence-electron chi connectivity index (χ0n) is 14.6. The second kappa shape index (κ2) is 9.49. The number of rotatable bonds is 8. The molecule has 1 unspecified atom stereocenters. The Kier molecular flexibility index (Phi) is 7.34. The molecule has 1 aliphatic heterocycles. The monoisotopic (exact) mass is 336 g/mol. The molecule has 1 N–H and O–H groups in total. The first-order chi connectivity index (χ1) is 11.6. The summed E-state index contributed by atoms with van der Waals surface area (Å²) in [4.78, 5) is 16.3. The van der Waals surface area contributed by atoms with Crippen molar-refractivity contribution in [3.05, 3.63) is 24.3 Å². The Hall–Kier alpha value is -1.79. The molecular formula is C18H28N2O4. The van der Waals surface area contributed by atoms with E-state index in [1.807, 2.05) is 29.2 Å². The average Bonchev–Trinajstić information content (AvgIpc) is 2.59. The van der Waals surface area contributed by atoms with E-state index >= 15 is 0 Å². The number of carbonyl (C=O) groups excluding carboxylic acids is 1. The maximum Gasteiger partial charge on any atom is 0.222 e. The van der Waals surface area contributed by atoms with Crippen LogP contribution in [0.1, 0.15) is 19.8 Å². The van der Waals surface area contributed by atoms with Gasteiger partial charge in [-0.05, 0) is 37.6 Å². The molecule has 6 heteroatoms. The molecule has 1 atom stereocenters. The Balaban J connectivity index is 1.61. The molecule has 24 heavy (non-hydrogen) atoms. The molecule has 1 amide bonds. The summed E-state index contributed by atoms with van der Waals surface area (Å²) in [6, 6.07) is 7.43. The summed E-state index contributed by atoms with van der Waals surface area (Å²) in [7, 11) is 1.63. The molecule has 0 aromatic heterocycles. The van der Waals surface area contributed by atoms with Crippen LogP contribution in [0.15, 0.2) is 24.3 Å². The SMILES string of the molecule is COc1ccc(OCCCC(=O)N2CCN(CC(C)O)CC2)cc1. The third kappa shape index (κ3) is 6.02. The first-order valence-corrected chi connectivity index (χ1v) is 8.53. The summed E-state index contributed by atoms with van der Waals surface area (Å²) in [5.41, 5.74) is 0. The third-order valence-corrected chi connectivity index (χ3v) is 4.11. The van der Waals surface area contributed by atoms with Gasteiger partial charge in [-0.2, -0.15) is 0 Å². The van der Waals surface area contributed by atoms with Crippen molar-refractivity contribution in [2.75, 3.05) is 46.4 Å². The molecule has 0 spiro atoms. The largest absolute Gasteiger partial charge is 0.497 e. The number of nitrogens with zero attached hydrogens (tertiary/aromatic N) is 2. The fourth-order valence-corrected chi connectivity index (χ4v) is 2.80. The van der Waals surface area contributed by atoms with Crippen molar-refractivity contribution in [3.8, 4) is 11.5 Å². The zero-order valence-corrected chi connectivity index (χ0v) is 14.6. The smallest absolute Gasteiger partial charge is 0.222 e. The Morgan fingerprint density at radius 1 is 1.17 bits per heavy atom. The normalized spacial score (nSPS) is 16.7. The van der Waals surface area contributed by atoms with Gasteiger partial charge in [-0.25, -0.2) is 0 Å². The van der Waals surface area contributed by atoms with Crippen LogP contribution in [-0.4, -0.2) is 73.4 Å². The fraction of sp³-hybridized carbons (Fsp3) is 0.611. The van der Waals surface area contributed by atoms with Crippen LogP contribution < -0.4 is 9.47 Å². The van der Waals surface area contributed by atoms with Crippen LogP contribution >= 0.6 is 0 Å². The quantitative estimate of drug-likeness (QED) is 0.727. The molecule has 1 aliphatic rings. The molecule has 2 rings (SSSR count). The minimum Gasteiger partial charge on any atom is -0.497 e. The summed E-state index contributed by atoms with van der Waals surface area (Å²) in [6.45, 7) is 6.14. The van der Waals surface area contributed by atoms with E-state index in [2.05, 4.69) is 4.90 Å².